The van der Waals surface area contributed by atoms with E-state index in [0.717, 1.165) is 11.8 Å². The molecule has 0 unspecified atom stereocenters. The summed E-state index contributed by atoms with van der Waals surface area (Å²) in [6.45, 7) is 0.777. The lowest BCUT2D eigenvalue weighted by Crippen LogP contribution is -2.03. The second-order valence-corrected chi connectivity index (χ2v) is 3.72. The smallest absolute Gasteiger partial charge is 0.126 e. The molecular formula is C11H12F2N4. The van der Waals surface area contributed by atoms with Crippen molar-refractivity contribution in [1.82, 2.24) is 15.0 Å². The molecule has 2 rings (SSSR count). The van der Waals surface area contributed by atoms with Crippen molar-refractivity contribution in [2.45, 2.75) is 13.0 Å². The van der Waals surface area contributed by atoms with E-state index in [1.54, 1.807) is 6.20 Å². The molecule has 0 saturated carbocycles. The van der Waals surface area contributed by atoms with Crippen LogP contribution in [0.4, 0.5) is 8.78 Å². The van der Waals surface area contributed by atoms with E-state index >= 15 is 0 Å². The van der Waals surface area contributed by atoms with Crippen molar-refractivity contribution in [3.8, 4) is 0 Å². The summed E-state index contributed by atoms with van der Waals surface area (Å²) < 4.78 is 27.4. The highest BCUT2D eigenvalue weighted by molar-refractivity contribution is 5.18. The average molecular weight is 238 g/mol. The Morgan fingerprint density at radius 3 is 2.53 bits per heavy atom. The largest absolute Gasteiger partial charge is 0.330 e. The van der Waals surface area contributed by atoms with Crippen LogP contribution in [-0.2, 0) is 13.0 Å². The van der Waals surface area contributed by atoms with Gasteiger partial charge in [0.05, 0.1) is 12.2 Å². The molecule has 0 bridgehead atoms. The maximum Gasteiger partial charge on any atom is 0.126 e. The van der Waals surface area contributed by atoms with Crippen molar-refractivity contribution in [3.05, 3.63) is 47.3 Å². The topological polar surface area (TPSA) is 56.7 Å². The van der Waals surface area contributed by atoms with Gasteiger partial charge in [0.2, 0.25) is 0 Å². The van der Waals surface area contributed by atoms with Gasteiger partial charge in [0, 0.05) is 18.7 Å². The van der Waals surface area contributed by atoms with Crippen LogP contribution in [0.15, 0.2) is 24.4 Å². The number of nitrogens with two attached hydrogens (primary N) is 1. The van der Waals surface area contributed by atoms with Crippen molar-refractivity contribution in [2.24, 2.45) is 5.73 Å². The number of hydrogen-bond acceptors (Lipinski definition) is 3. The first-order valence-electron chi connectivity index (χ1n) is 5.21. The van der Waals surface area contributed by atoms with Gasteiger partial charge in [-0.1, -0.05) is 5.21 Å². The third-order valence-corrected chi connectivity index (χ3v) is 2.25. The molecule has 1 aromatic heterocycles. The van der Waals surface area contributed by atoms with E-state index < -0.39 is 11.6 Å². The first-order chi connectivity index (χ1) is 8.17. The first-order valence-corrected chi connectivity index (χ1v) is 5.21. The summed E-state index contributed by atoms with van der Waals surface area (Å²) in [5.41, 5.74) is 6.66. The lowest BCUT2D eigenvalue weighted by molar-refractivity contribution is 0.572. The van der Waals surface area contributed by atoms with E-state index in [4.69, 9.17) is 5.73 Å². The van der Waals surface area contributed by atoms with Crippen LogP contribution in [0.25, 0.3) is 0 Å². The number of halogens is 2. The van der Waals surface area contributed by atoms with Gasteiger partial charge >= 0.3 is 0 Å². The lowest BCUT2D eigenvalue weighted by atomic mass is 10.2. The minimum atomic E-state index is -0.595. The van der Waals surface area contributed by atoms with Crippen molar-refractivity contribution >= 4 is 0 Å². The molecule has 2 aromatic rings. The Kier molecular flexibility index (Phi) is 3.43. The number of aromatic nitrogens is 3. The molecule has 0 aliphatic carbocycles. The fourth-order valence-electron chi connectivity index (χ4n) is 1.57. The standard InChI is InChI=1S/C11H12F2N4/c12-9-3-8(4-10(13)5-9)6-17-7-11(1-2-14)15-16-17/h3-5,7H,1-2,6,14H2. The Balaban J connectivity index is 2.13. The van der Waals surface area contributed by atoms with Crippen LogP contribution in [0.5, 0.6) is 0 Å². The Morgan fingerprint density at radius 1 is 1.18 bits per heavy atom. The van der Waals surface area contributed by atoms with E-state index in [1.165, 1.54) is 16.8 Å². The Labute approximate surface area is 97.0 Å². The van der Waals surface area contributed by atoms with E-state index in [1.807, 2.05) is 0 Å². The minimum Gasteiger partial charge on any atom is -0.330 e. The number of hydrogen-bond donors (Lipinski definition) is 1. The quantitative estimate of drug-likeness (QED) is 0.868. The zero-order chi connectivity index (χ0) is 12.3. The Hall–Kier alpha value is -1.82. The summed E-state index contributed by atoms with van der Waals surface area (Å²) in [6, 6.07) is 3.38. The maximum absolute atomic E-state index is 13.0. The zero-order valence-electron chi connectivity index (χ0n) is 9.11. The number of nitrogens with zero attached hydrogens (tertiary/aromatic N) is 3. The van der Waals surface area contributed by atoms with E-state index in [0.29, 0.717) is 18.5 Å². The molecule has 6 heteroatoms. The Morgan fingerprint density at radius 2 is 1.88 bits per heavy atom. The second-order valence-electron chi connectivity index (χ2n) is 3.72. The predicted octanol–water partition coefficient (Wildman–Crippen LogP) is 1.11. The molecule has 2 N–H and O–H groups in total. The van der Waals surface area contributed by atoms with Gasteiger partial charge in [-0.05, 0) is 24.2 Å². The Bertz CT molecular complexity index is 490. The summed E-state index contributed by atoms with van der Waals surface area (Å²) in [7, 11) is 0. The van der Waals surface area contributed by atoms with Crippen LogP contribution in [0.2, 0.25) is 0 Å². The highest BCUT2D eigenvalue weighted by Crippen LogP contribution is 2.09. The van der Waals surface area contributed by atoms with Crippen LogP contribution >= 0.6 is 0 Å². The fraction of sp³-hybridized carbons (Fsp3) is 0.273. The molecule has 1 aromatic carbocycles. The molecule has 0 fully saturated rings. The molecule has 4 nitrogen and oxygen atoms in total. The molecule has 1 heterocycles. The first kappa shape index (κ1) is 11.7. The third-order valence-electron chi connectivity index (χ3n) is 2.25. The highest BCUT2D eigenvalue weighted by atomic mass is 19.1. The molecule has 0 radical (unpaired) electrons. The van der Waals surface area contributed by atoms with Crippen molar-refractivity contribution in [3.63, 3.8) is 0 Å². The molecule has 90 valence electrons. The number of rotatable bonds is 4. The van der Waals surface area contributed by atoms with Gasteiger partial charge in [0.15, 0.2) is 0 Å². The van der Waals surface area contributed by atoms with Gasteiger partial charge in [-0.15, -0.1) is 5.10 Å². The van der Waals surface area contributed by atoms with Crippen molar-refractivity contribution < 1.29 is 8.78 Å². The van der Waals surface area contributed by atoms with Crippen molar-refractivity contribution in [1.29, 1.82) is 0 Å². The fourth-order valence-corrected chi connectivity index (χ4v) is 1.57. The van der Waals surface area contributed by atoms with E-state index in [-0.39, 0.29) is 6.54 Å². The monoisotopic (exact) mass is 238 g/mol. The van der Waals surface area contributed by atoms with Crippen LogP contribution in [0, 0.1) is 11.6 Å². The van der Waals surface area contributed by atoms with E-state index in [2.05, 4.69) is 10.3 Å². The lowest BCUT2D eigenvalue weighted by Gasteiger charge is -2.01. The SMILES string of the molecule is NCCc1cn(Cc2cc(F)cc(F)c2)nn1. The van der Waals surface area contributed by atoms with Crippen LogP contribution in [0.1, 0.15) is 11.3 Å². The molecule has 17 heavy (non-hydrogen) atoms. The van der Waals surface area contributed by atoms with Crippen molar-refractivity contribution in [2.75, 3.05) is 6.54 Å². The molecule has 0 amide bonds. The second kappa shape index (κ2) is 5.01. The highest BCUT2D eigenvalue weighted by Gasteiger charge is 2.04. The molecule has 0 aliphatic heterocycles. The van der Waals surface area contributed by atoms with Crippen LogP contribution in [0.3, 0.4) is 0 Å². The van der Waals surface area contributed by atoms with Gasteiger partial charge in [0.1, 0.15) is 11.6 Å². The van der Waals surface area contributed by atoms with Gasteiger partial charge in [-0.25, -0.2) is 13.5 Å². The summed E-state index contributed by atoms with van der Waals surface area (Å²) >= 11 is 0. The minimum absolute atomic E-state index is 0.284. The van der Waals surface area contributed by atoms with Crippen LogP contribution < -0.4 is 5.73 Å². The molecule has 0 aliphatic rings. The predicted molar refractivity (Wildman–Crippen MR) is 58.2 cm³/mol. The van der Waals surface area contributed by atoms with Crippen LogP contribution in [-0.4, -0.2) is 21.5 Å². The van der Waals surface area contributed by atoms with Gasteiger partial charge in [0.25, 0.3) is 0 Å². The zero-order valence-corrected chi connectivity index (χ0v) is 9.11. The third kappa shape index (κ3) is 3.07. The number of benzene rings is 1. The summed E-state index contributed by atoms with van der Waals surface area (Å²) in [4.78, 5) is 0. The average Bonchev–Trinajstić information content (AvgIpc) is 2.64. The summed E-state index contributed by atoms with van der Waals surface area (Å²) in [6.07, 6.45) is 2.35. The van der Waals surface area contributed by atoms with Gasteiger partial charge < -0.3 is 5.73 Å². The molecule has 0 atom stereocenters. The summed E-state index contributed by atoms with van der Waals surface area (Å²) in [5.74, 6) is -1.19. The maximum atomic E-state index is 13.0. The molecular weight excluding hydrogens is 226 g/mol. The normalized spacial score (nSPS) is 10.8. The van der Waals surface area contributed by atoms with Gasteiger partial charge in [-0.3, -0.25) is 0 Å². The molecule has 0 saturated heterocycles. The van der Waals surface area contributed by atoms with Gasteiger partial charge in [-0.2, -0.15) is 0 Å². The molecule has 0 spiro atoms. The van der Waals surface area contributed by atoms with E-state index in [9.17, 15) is 8.78 Å². The summed E-state index contributed by atoms with van der Waals surface area (Å²) in [5, 5.41) is 7.75.